The van der Waals surface area contributed by atoms with Crippen LogP contribution in [0.25, 0.3) is 0 Å². The van der Waals surface area contributed by atoms with Gasteiger partial charge in [-0.2, -0.15) is 0 Å². The van der Waals surface area contributed by atoms with Crippen molar-refractivity contribution >= 4 is 5.69 Å². The Morgan fingerprint density at radius 3 is 1.79 bits per heavy atom. The van der Waals surface area contributed by atoms with E-state index in [-0.39, 0.29) is 10.8 Å². The van der Waals surface area contributed by atoms with E-state index in [9.17, 15) is 0 Å². The Kier molecular flexibility index (Phi) is 6.63. The van der Waals surface area contributed by atoms with Gasteiger partial charge in [-0.3, -0.25) is 4.98 Å². The number of nitrogens with zero attached hydrogens (tertiary/aromatic N) is 1. The summed E-state index contributed by atoms with van der Waals surface area (Å²) in [5.41, 5.74) is 7.83. The lowest BCUT2D eigenvalue weighted by molar-refractivity contribution is 0.549. The van der Waals surface area contributed by atoms with Gasteiger partial charge in [0.2, 0.25) is 0 Å². The van der Waals surface area contributed by atoms with Crippen LogP contribution in [-0.4, -0.2) is 4.98 Å². The highest BCUT2D eigenvalue weighted by molar-refractivity contribution is 5.60. The number of anilines is 1. The van der Waals surface area contributed by atoms with Gasteiger partial charge in [0, 0.05) is 16.8 Å². The minimum Gasteiger partial charge on any atom is -0.379 e. The van der Waals surface area contributed by atoms with Crippen LogP contribution in [0.4, 0.5) is 5.69 Å². The molecule has 0 spiro atoms. The van der Waals surface area contributed by atoms with Crippen molar-refractivity contribution < 1.29 is 0 Å². The number of hydrogen-bond donors (Lipinski definition) is 1. The fraction of sp³-hybridized carbons (Fsp3) is 0.577. The summed E-state index contributed by atoms with van der Waals surface area (Å²) in [6.07, 6.45) is 0. The molecule has 28 heavy (non-hydrogen) atoms. The van der Waals surface area contributed by atoms with Crippen LogP contribution in [-0.2, 0) is 17.4 Å². The van der Waals surface area contributed by atoms with E-state index in [4.69, 9.17) is 4.98 Å². The second-order valence-electron chi connectivity index (χ2n) is 10.7. The molecule has 0 aliphatic rings. The summed E-state index contributed by atoms with van der Waals surface area (Å²) in [7, 11) is 0. The van der Waals surface area contributed by atoms with Gasteiger partial charge in [-0.25, -0.2) is 0 Å². The van der Waals surface area contributed by atoms with Crippen molar-refractivity contribution in [1.29, 1.82) is 0 Å². The lowest BCUT2D eigenvalue weighted by Gasteiger charge is -2.26. The van der Waals surface area contributed by atoms with Gasteiger partial charge in [0.1, 0.15) is 0 Å². The Hall–Kier alpha value is -1.83. The van der Waals surface area contributed by atoms with E-state index in [1.807, 2.05) is 0 Å². The molecule has 1 heterocycles. The molecule has 2 aromatic rings. The zero-order valence-corrected chi connectivity index (χ0v) is 19.7. The first-order valence-corrected chi connectivity index (χ1v) is 10.7. The highest BCUT2D eigenvalue weighted by Gasteiger charge is 2.22. The molecule has 1 aromatic carbocycles. The molecule has 0 radical (unpaired) electrons. The maximum Gasteiger partial charge on any atom is 0.0601 e. The number of hydrogen-bond acceptors (Lipinski definition) is 2. The molecule has 1 aromatic heterocycles. The highest BCUT2D eigenvalue weighted by Crippen LogP contribution is 2.33. The zero-order chi connectivity index (χ0) is 21.3. The van der Waals surface area contributed by atoms with Gasteiger partial charge in [-0.05, 0) is 46.1 Å². The number of benzene rings is 1. The van der Waals surface area contributed by atoms with Crippen molar-refractivity contribution in [2.75, 3.05) is 5.32 Å². The van der Waals surface area contributed by atoms with E-state index >= 15 is 0 Å². The molecule has 2 heteroatoms. The molecule has 0 fully saturated rings. The predicted octanol–water partition coefficient (Wildman–Crippen LogP) is 7.54. The van der Waals surface area contributed by atoms with E-state index in [2.05, 4.69) is 105 Å². The minimum atomic E-state index is 0.0366. The Morgan fingerprint density at radius 2 is 1.36 bits per heavy atom. The number of aromatic nitrogens is 1. The van der Waals surface area contributed by atoms with Crippen LogP contribution in [0.5, 0.6) is 0 Å². The number of pyridine rings is 1. The number of para-hydroxylation sites is 1. The Bertz CT molecular complexity index is 744. The fourth-order valence-electron chi connectivity index (χ4n) is 3.43. The van der Waals surface area contributed by atoms with Crippen molar-refractivity contribution in [2.24, 2.45) is 0 Å². The quantitative estimate of drug-likeness (QED) is 0.579. The fourth-order valence-corrected chi connectivity index (χ4v) is 3.43. The Labute approximate surface area is 173 Å². The summed E-state index contributed by atoms with van der Waals surface area (Å²) in [5.74, 6) is 0.973. The second kappa shape index (κ2) is 8.27. The van der Waals surface area contributed by atoms with Crippen LogP contribution in [0.1, 0.15) is 109 Å². The molecular formula is C26H40N2. The van der Waals surface area contributed by atoms with Crippen molar-refractivity contribution in [2.45, 2.75) is 98.4 Å². The molecule has 2 nitrogen and oxygen atoms in total. The summed E-state index contributed by atoms with van der Waals surface area (Å²) < 4.78 is 0. The van der Waals surface area contributed by atoms with Gasteiger partial charge in [-0.15, -0.1) is 0 Å². The lowest BCUT2D eigenvalue weighted by atomic mass is 9.83. The highest BCUT2D eigenvalue weighted by atomic mass is 14.9. The molecule has 0 aliphatic heterocycles. The molecular weight excluding hydrogens is 340 g/mol. The minimum absolute atomic E-state index is 0.0366. The Morgan fingerprint density at radius 1 is 0.821 bits per heavy atom. The summed E-state index contributed by atoms with van der Waals surface area (Å²) in [4.78, 5) is 5.02. The summed E-state index contributed by atoms with van der Waals surface area (Å²) in [6.45, 7) is 23.3. The largest absolute Gasteiger partial charge is 0.379 e. The first-order chi connectivity index (χ1) is 12.8. The van der Waals surface area contributed by atoms with Gasteiger partial charge in [0.05, 0.1) is 12.2 Å². The first kappa shape index (κ1) is 22.5. The van der Waals surface area contributed by atoms with Crippen molar-refractivity contribution in [1.82, 2.24) is 4.98 Å². The monoisotopic (exact) mass is 380 g/mol. The van der Waals surface area contributed by atoms with Gasteiger partial charge in [0.15, 0.2) is 0 Å². The van der Waals surface area contributed by atoms with Crippen LogP contribution in [0.3, 0.4) is 0 Å². The summed E-state index contributed by atoms with van der Waals surface area (Å²) in [5, 5.41) is 3.76. The molecule has 0 saturated heterocycles. The average Bonchev–Trinajstić information content (AvgIpc) is 2.57. The molecule has 0 amide bonds. The van der Waals surface area contributed by atoms with Crippen molar-refractivity contribution in [3.05, 3.63) is 58.4 Å². The molecule has 2 rings (SSSR count). The van der Waals surface area contributed by atoms with Crippen LogP contribution in [0.2, 0.25) is 0 Å². The van der Waals surface area contributed by atoms with Gasteiger partial charge < -0.3 is 5.32 Å². The molecule has 0 saturated carbocycles. The SMILES string of the molecule is CC(C)c1cccc(C(C)C)c1NCc1cc(C(C)(C)C)cc(C(C)(C)C)n1. The molecule has 1 N–H and O–H groups in total. The van der Waals surface area contributed by atoms with Crippen molar-refractivity contribution in [3.63, 3.8) is 0 Å². The third-order valence-electron chi connectivity index (χ3n) is 5.33. The summed E-state index contributed by atoms with van der Waals surface area (Å²) in [6, 6.07) is 11.2. The third kappa shape index (κ3) is 5.37. The van der Waals surface area contributed by atoms with Crippen molar-refractivity contribution in [3.8, 4) is 0 Å². The normalized spacial score (nSPS) is 12.7. The van der Waals surface area contributed by atoms with Gasteiger partial charge >= 0.3 is 0 Å². The van der Waals surface area contributed by atoms with E-state index in [1.54, 1.807) is 0 Å². The predicted molar refractivity (Wildman–Crippen MR) is 124 cm³/mol. The number of rotatable bonds is 5. The smallest absolute Gasteiger partial charge is 0.0601 e. The van der Waals surface area contributed by atoms with E-state index in [0.717, 1.165) is 17.9 Å². The van der Waals surface area contributed by atoms with Crippen LogP contribution < -0.4 is 5.32 Å². The standard InChI is InChI=1S/C26H40N2/c1-17(2)21-12-11-13-22(18(3)4)24(21)27-16-20-14-19(25(5,6)7)15-23(28-20)26(8,9)10/h11-15,17-18,27H,16H2,1-10H3. The zero-order valence-electron chi connectivity index (χ0n) is 19.7. The van der Waals surface area contributed by atoms with E-state index in [1.165, 1.54) is 22.4 Å². The average molecular weight is 381 g/mol. The lowest BCUT2D eigenvalue weighted by Crippen LogP contribution is -2.20. The number of nitrogens with one attached hydrogen (secondary N) is 1. The van der Waals surface area contributed by atoms with Crippen LogP contribution >= 0.6 is 0 Å². The molecule has 154 valence electrons. The second-order valence-corrected chi connectivity index (χ2v) is 10.7. The van der Waals surface area contributed by atoms with Gasteiger partial charge in [-0.1, -0.05) is 87.4 Å². The topological polar surface area (TPSA) is 24.9 Å². The maximum atomic E-state index is 5.02. The molecule has 0 unspecified atom stereocenters. The van der Waals surface area contributed by atoms with E-state index in [0.29, 0.717) is 11.8 Å². The molecule has 0 aliphatic carbocycles. The third-order valence-corrected chi connectivity index (χ3v) is 5.33. The van der Waals surface area contributed by atoms with Gasteiger partial charge in [0.25, 0.3) is 0 Å². The molecule has 0 atom stereocenters. The Balaban J connectivity index is 2.45. The summed E-state index contributed by atoms with van der Waals surface area (Å²) >= 11 is 0. The van der Waals surface area contributed by atoms with E-state index < -0.39 is 0 Å². The molecule has 0 bridgehead atoms. The van der Waals surface area contributed by atoms with Crippen LogP contribution in [0.15, 0.2) is 30.3 Å². The first-order valence-electron chi connectivity index (χ1n) is 10.7. The van der Waals surface area contributed by atoms with Crippen LogP contribution in [0, 0.1) is 0 Å². The maximum absolute atomic E-state index is 5.02.